The summed E-state index contributed by atoms with van der Waals surface area (Å²) < 4.78 is 5.82. The predicted molar refractivity (Wildman–Crippen MR) is 147 cm³/mol. The average molecular weight is 536 g/mol. The molecule has 11 heteroatoms. The van der Waals surface area contributed by atoms with Crippen LogP contribution in [-0.2, 0) is 0 Å². The van der Waals surface area contributed by atoms with Crippen LogP contribution >= 0.6 is 23.8 Å². The number of piperidine rings is 1. The Kier molecular flexibility index (Phi) is 7.02. The van der Waals surface area contributed by atoms with Crippen LogP contribution in [0.5, 0.6) is 0 Å². The molecular weight excluding hydrogens is 514 g/mol. The molecule has 0 atom stereocenters. The molecule has 37 heavy (non-hydrogen) atoms. The zero-order valence-electron chi connectivity index (χ0n) is 19.6. The molecule has 4 aromatic rings. The third-order valence-corrected chi connectivity index (χ3v) is 6.51. The van der Waals surface area contributed by atoms with Crippen molar-refractivity contribution in [3.8, 4) is 11.5 Å². The number of nitro groups is 1. The fraction of sp³-hybridized carbons (Fsp3) is 0.192. The lowest BCUT2D eigenvalue weighted by Gasteiger charge is -2.28. The second kappa shape index (κ2) is 10.5. The predicted octanol–water partition coefficient (Wildman–Crippen LogP) is 6.17. The lowest BCUT2D eigenvalue weighted by molar-refractivity contribution is -0.384. The molecule has 1 aliphatic heterocycles. The van der Waals surface area contributed by atoms with Crippen molar-refractivity contribution in [3.05, 3.63) is 81.4 Å². The van der Waals surface area contributed by atoms with E-state index in [9.17, 15) is 14.9 Å². The maximum Gasteiger partial charge on any atom is 0.293 e. The van der Waals surface area contributed by atoms with Gasteiger partial charge in [-0.05, 0) is 80.0 Å². The molecule has 2 heterocycles. The molecule has 1 amide bonds. The van der Waals surface area contributed by atoms with Gasteiger partial charge in [0, 0.05) is 41.0 Å². The van der Waals surface area contributed by atoms with E-state index < -0.39 is 10.8 Å². The summed E-state index contributed by atoms with van der Waals surface area (Å²) in [6.07, 6.45) is 3.09. The van der Waals surface area contributed by atoms with E-state index in [0.29, 0.717) is 33.4 Å². The lowest BCUT2D eigenvalue weighted by atomic mass is 10.1. The Balaban J connectivity index is 1.28. The monoisotopic (exact) mass is 535 g/mol. The fourth-order valence-electron chi connectivity index (χ4n) is 4.30. The molecule has 0 unspecified atom stereocenters. The first-order valence-electron chi connectivity index (χ1n) is 11.7. The number of carbonyl (C=O) groups is 1. The van der Waals surface area contributed by atoms with Crippen molar-refractivity contribution in [2.75, 3.05) is 23.3 Å². The van der Waals surface area contributed by atoms with Gasteiger partial charge in [-0.25, -0.2) is 4.98 Å². The number of hydrogen-bond donors (Lipinski definition) is 2. The van der Waals surface area contributed by atoms with Gasteiger partial charge in [-0.1, -0.05) is 17.7 Å². The highest BCUT2D eigenvalue weighted by atomic mass is 35.5. The van der Waals surface area contributed by atoms with Crippen molar-refractivity contribution in [1.82, 2.24) is 10.3 Å². The number of nitrogens with one attached hydrogen (secondary N) is 2. The number of oxazole rings is 1. The van der Waals surface area contributed by atoms with Crippen LogP contribution in [0.4, 0.5) is 17.1 Å². The van der Waals surface area contributed by atoms with Gasteiger partial charge in [0.25, 0.3) is 11.6 Å². The number of hydrogen-bond acceptors (Lipinski definition) is 7. The van der Waals surface area contributed by atoms with Crippen molar-refractivity contribution in [2.45, 2.75) is 19.3 Å². The summed E-state index contributed by atoms with van der Waals surface area (Å²) in [5.41, 5.74) is 3.10. The SMILES string of the molecule is O=C(NC(=S)Nc1ccc2oc(-c3cccc(Cl)c3)nc2c1)c1ccc(N2CCCCC2)c([N+](=O)[O-])c1. The van der Waals surface area contributed by atoms with Crippen LogP contribution < -0.4 is 15.5 Å². The number of benzene rings is 3. The Morgan fingerprint density at radius 2 is 1.89 bits per heavy atom. The number of nitro benzene ring substituents is 1. The Bertz CT molecular complexity index is 1520. The molecule has 1 saturated heterocycles. The van der Waals surface area contributed by atoms with E-state index >= 15 is 0 Å². The van der Waals surface area contributed by atoms with E-state index in [2.05, 4.69) is 15.6 Å². The molecule has 5 rings (SSSR count). The Morgan fingerprint density at radius 3 is 2.65 bits per heavy atom. The molecule has 0 aliphatic carbocycles. The van der Waals surface area contributed by atoms with Gasteiger partial charge < -0.3 is 14.6 Å². The maximum absolute atomic E-state index is 12.8. The summed E-state index contributed by atoms with van der Waals surface area (Å²) in [6.45, 7) is 1.52. The molecule has 0 bridgehead atoms. The number of rotatable bonds is 5. The van der Waals surface area contributed by atoms with Crippen LogP contribution in [0.3, 0.4) is 0 Å². The second-order valence-corrected chi connectivity index (χ2v) is 9.47. The summed E-state index contributed by atoms with van der Waals surface area (Å²) in [5, 5.41) is 17.9. The molecule has 1 aliphatic rings. The minimum atomic E-state index is -0.545. The molecule has 0 spiro atoms. The van der Waals surface area contributed by atoms with Gasteiger partial charge >= 0.3 is 0 Å². The summed E-state index contributed by atoms with van der Waals surface area (Å²) in [5.74, 6) is -0.114. The Morgan fingerprint density at radius 1 is 1.08 bits per heavy atom. The fourth-order valence-corrected chi connectivity index (χ4v) is 4.70. The molecule has 1 fully saturated rings. The number of aromatic nitrogens is 1. The first kappa shape index (κ1) is 24.7. The van der Waals surface area contributed by atoms with Crippen LogP contribution in [0.25, 0.3) is 22.6 Å². The van der Waals surface area contributed by atoms with Crippen molar-refractivity contribution in [2.24, 2.45) is 0 Å². The summed E-state index contributed by atoms with van der Waals surface area (Å²) in [6, 6.07) is 16.9. The minimum absolute atomic E-state index is 0.0469. The number of carbonyl (C=O) groups excluding carboxylic acids is 1. The van der Waals surface area contributed by atoms with Crippen molar-refractivity contribution < 1.29 is 14.1 Å². The van der Waals surface area contributed by atoms with Crippen LogP contribution in [0.1, 0.15) is 29.6 Å². The topological polar surface area (TPSA) is 114 Å². The third kappa shape index (κ3) is 5.55. The summed E-state index contributed by atoms with van der Waals surface area (Å²) in [4.78, 5) is 30.5. The normalized spacial score (nSPS) is 13.4. The van der Waals surface area contributed by atoms with Crippen LogP contribution in [0.15, 0.2) is 65.1 Å². The standard InChI is InChI=1S/C26H22ClN5O4S/c27-18-6-4-5-17(13-18)25-29-20-15-19(8-10-23(20)36-25)28-26(37)30-24(33)16-7-9-21(22(14-16)32(34)35)31-11-2-1-3-12-31/h4-10,13-15H,1-3,11-12H2,(H2,28,30,33,37). The molecule has 9 nitrogen and oxygen atoms in total. The average Bonchev–Trinajstić information content (AvgIpc) is 3.32. The van der Waals surface area contributed by atoms with Crippen molar-refractivity contribution >= 4 is 63.0 Å². The van der Waals surface area contributed by atoms with Crippen molar-refractivity contribution in [3.63, 3.8) is 0 Å². The smallest absolute Gasteiger partial charge is 0.293 e. The molecule has 0 saturated carbocycles. The quantitative estimate of drug-likeness (QED) is 0.177. The largest absolute Gasteiger partial charge is 0.436 e. The summed E-state index contributed by atoms with van der Waals surface area (Å²) in [7, 11) is 0. The van der Waals surface area contributed by atoms with Crippen molar-refractivity contribution in [1.29, 1.82) is 0 Å². The zero-order chi connectivity index (χ0) is 25.9. The maximum atomic E-state index is 12.8. The first-order chi connectivity index (χ1) is 17.9. The molecule has 2 N–H and O–H groups in total. The van der Waals surface area contributed by atoms with Gasteiger partial charge in [-0.2, -0.15) is 0 Å². The van der Waals surface area contributed by atoms with E-state index in [4.69, 9.17) is 28.2 Å². The number of fused-ring (bicyclic) bond motifs is 1. The highest BCUT2D eigenvalue weighted by Gasteiger charge is 2.23. The number of thiocarbonyl (C=S) groups is 1. The Labute approximate surface area is 222 Å². The summed E-state index contributed by atoms with van der Waals surface area (Å²) >= 11 is 11.4. The van der Waals surface area contributed by atoms with E-state index in [1.807, 2.05) is 17.0 Å². The van der Waals surface area contributed by atoms with Gasteiger partial charge in [-0.15, -0.1) is 0 Å². The molecule has 3 aromatic carbocycles. The van der Waals surface area contributed by atoms with Crippen LogP contribution in [0.2, 0.25) is 5.02 Å². The van der Waals surface area contributed by atoms with Crippen LogP contribution in [0, 0.1) is 10.1 Å². The zero-order valence-corrected chi connectivity index (χ0v) is 21.1. The van der Waals surface area contributed by atoms with Gasteiger partial charge in [0.1, 0.15) is 11.2 Å². The second-order valence-electron chi connectivity index (χ2n) is 8.63. The van der Waals surface area contributed by atoms with E-state index in [0.717, 1.165) is 37.9 Å². The minimum Gasteiger partial charge on any atom is -0.436 e. The lowest BCUT2D eigenvalue weighted by Crippen LogP contribution is -2.34. The van der Waals surface area contributed by atoms with Gasteiger partial charge in [0.05, 0.1) is 4.92 Å². The van der Waals surface area contributed by atoms with E-state index in [1.54, 1.807) is 42.5 Å². The van der Waals surface area contributed by atoms with Gasteiger partial charge in [0.2, 0.25) is 5.89 Å². The van der Waals surface area contributed by atoms with E-state index in [-0.39, 0.29) is 16.4 Å². The molecule has 0 radical (unpaired) electrons. The molecule has 188 valence electrons. The van der Waals surface area contributed by atoms with Gasteiger partial charge in [-0.3, -0.25) is 20.2 Å². The number of amides is 1. The highest BCUT2D eigenvalue weighted by molar-refractivity contribution is 7.80. The Hall–Kier alpha value is -4.02. The number of halogens is 1. The van der Waals surface area contributed by atoms with Crippen LogP contribution in [-0.4, -0.2) is 34.0 Å². The number of nitrogens with zero attached hydrogens (tertiary/aromatic N) is 3. The first-order valence-corrected chi connectivity index (χ1v) is 12.5. The number of anilines is 2. The molecule has 1 aromatic heterocycles. The molecular formula is C26H22ClN5O4S. The highest BCUT2D eigenvalue weighted by Crippen LogP contribution is 2.31. The van der Waals surface area contributed by atoms with Gasteiger partial charge in [0.15, 0.2) is 10.7 Å². The van der Waals surface area contributed by atoms with E-state index in [1.165, 1.54) is 6.07 Å². The third-order valence-electron chi connectivity index (χ3n) is 6.08.